The number of aryl methyl sites for hydroxylation is 3. The van der Waals surface area contributed by atoms with Crippen molar-refractivity contribution in [3.8, 4) is 0 Å². The first kappa shape index (κ1) is 86.9. The number of aromatic nitrogens is 6. The number of hydrogen-bond donors (Lipinski definition) is 0. The monoisotopic (exact) mass is 1370 g/mol. The maximum Gasteiger partial charge on any atom is 0.197 e. The van der Waals surface area contributed by atoms with Crippen molar-refractivity contribution in [2.24, 2.45) is 0 Å². The molecule has 8 rings (SSSR count). The van der Waals surface area contributed by atoms with Crippen molar-refractivity contribution in [1.29, 1.82) is 0 Å². The van der Waals surface area contributed by atoms with Gasteiger partial charge in [0.15, 0.2) is 5.89 Å². The van der Waals surface area contributed by atoms with E-state index in [2.05, 4.69) is 314 Å². The van der Waals surface area contributed by atoms with Crippen LogP contribution in [0, 0.1) is 20.8 Å². The van der Waals surface area contributed by atoms with E-state index in [0.29, 0.717) is 82.9 Å². The number of thiazole rings is 2. The Morgan fingerprint density at radius 1 is 0.355 bits per heavy atom. The van der Waals surface area contributed by atoms with E-state index in [1.165, 1.54) is 62.9 Å². The molecule has 0 aliphatic carbocycles. The molecular weight excluding hydrogens is 1240 g/mol. The van der Waals surface area contributed by atoms with E-state index in [1.807, 2.05) is 47.1 Å². The van der Waals surface area contributed by atoms with Gasteiger partial charge in [-0.2, -0.15) is 8.75 Å². The fourth-order valence-corrected chi connectivity index (χ4v) is 13.1. The van der Waals surface area contributed by atoms with Crippen molar-refractivity contribution in [2.75, 3.05) is 0 Å². The highest BCUT2D eigenvalue weighted by Gasteiger charge is 2.22. The first-order valence-electron chi connectivity index (χ1n) is 34.7. The van der Waals surface area contributed by atoms with Crippen LogP contribution in [0.15, 0.2) is 55.8 Å². The van der Waals surface area contributed by atoms with E-state index in [9.17, 15) is 0 Å². The van der Waals surface area contributed by atoms with E-state index >= 15 is 0 Å². The lowest BCUT2D eigenvalue weighted by Gasteiger charge is -2.13. The van der Waals surface area contributed by atoms with Gasteiger partial charge in [-0.15, -0.1) is 34.0 Å². The third-order valence-electron chi connectivity index (χ3n) is 14.4. The van der Waals surface area contributed by atoms with Crippen molar-refractivity contribution in [1.82, 2.24) is 28.7 Å². The summed E-state index contributed by atoms with van der Waals surface area (Å²) in [4.78, 5) is 25.0. The summed E-state index contributed by atoms with van der Waals surface area (Å²) < 4.78 is 25.7. The highest BCUT2D eigenvalue weighted by molar-refractivity contribution is 7.12. The van der Waals surface area contributed by atoms with Crippen LogP contribution in [0.4, 0.5) is 0 Å². The Morgan fingerprint density at radius 2 is 0.839 bits per heavy atom. The van der Waals surface area contributed by atoms with Crippen molar-refractivity contribution in [3.05, 3.63) is 145 Å². The average Bonchev–Trinajstić information content (AvgIpc) is 1.89. The van der Waals surface area contributed by atoms with E-state index in [0.717, 1.165) is 51.2 Å². The van der Waals surface area contributed by atoms with Gasteiger partial charge in [0.05, 0.1) is 27.1 Å². The topological polar surface area (TPSA) is 117 Å². The summed E-state index contributed by atoms with van der Waals surface area (Å²) in [5.41, 5.74) is 5.15. The number of oxazole rings is 1. The van der Waals surface area contributed by atoms with Crippen LogP contribution in [0.5, 0.6) is 0 Å². The second-order valence-electron chi connectivity index (χ2n) is 31.0. The van der Waals surface area contributed by atoms with Crippen molar-refractivity contribution in [3.63, 3.8) is 0 Å². The third-order valence-corrected chi connectivity index (χ3v) is 21.7. The molecule has 0 saturated carbocycles. The Bertz CT molecular complexity index is 2920. The van der Waals surface area contributed by atoms with Gasteiger partial charge in [-0.3, -0.25) is 0 Å². The van der Waals surface area contributed by atoms with E-state index in [4.69, 9.17) is 13.3 Å². The van der Waals surface area contributed by atoms with Gasteiger partial charge >= 0.3 is 0 Å². The standard InChI is InChI=1S/C11H19NS.C11H18O.C10H17NO.C10H17NS.C10H16O.C10H16S.C9H15NS.C8H14N2S/c1-7(2)9-8(3)12-10(13-9)11(4,5)6;1-7(2)10-6-9(5)11(12-10)8(3)4;1-6(2)9-8(5)11-10(12-9)7(3)4;1-7(2)8-6-9(11-12-8)10(3,4)5;2*1-7(2)9-5-6-10(11-9)8(3)4;1-6(2)8-5-10-9(11-8)7(3)4;1-5(2)7-9-8(6(3)4)11-10-7/h7H,1-6H3;6-8H,1-5H3;2*6-7H,1-5H3;2*5-8H,1-4H3;5-7H,1-4H3;5-6H,1-4H3. The second kappa shape index (κ2) is 40.6. The molecule has 0 bridgehead atoms. The van der Waals surface area contributed by atoms with Gasteiger partial charge in [0.1, 0.15) is 39.6 Å². The van der Waals surface area contributed by atoms with Crippen LogP contribution in [0.1, 0.15) is 421 Å². The average molecular weight is 1370 g/mol. The number of hydrogen-bond acceptors (Lipinski definition) is 14. The lowest BCUT2D eigenvalue weighted by atomic mass is 9.92. The Labute approximate surface area is 589 Å². The van der Waals surface area contributed by atoms with Gasteiger partial charge in [0.2, 0.25) is 0 Å². The molecule has 0 amide bonds. The first-order chi connectivity index (χ1) is 42.7. The fourth-order valence-electron chi connectivity index (χ4n) is 8.30. The summed E-state index contributed by atoms with van der Waals surface area (Å²) in [6.07, 6.45) is 2.00. The van der Waals surface area contributed by atoms with Gasteiger partial charge < -0.3 is 13.3 Å². The molecule has 0 aliphatic rings. The molecule has 0 unspecified atom stereocenters. The molecule has 9 nitrogen and oxygen atoms in total. The molecule has 526 valence electrons. The molecule has 8 heterocycles. The summed E-state index contributed by atoms with van der Waals surface area (Å²) in [5, 5.41) is 3.66. The third kappa shape index (κ3) is 30.9. The maximum absolute atomic E-state index is 5.74. The highest BCUT2D eigenvalue weighted by Crippen LogP contribution is 2.35. The first-order valence-corrected chi connectivity index (χ1v) is 38.7. The number of thiophene rings is 1. The number of nitrogens with zero attached hydrogens (tertiary/aromatic N) is 6. The van der Waals surface area contributed by atoms with Crippen LogP contribution < -0.4 is 0 Å². The molecule has 0 aliphatic heterocycles. The van der Waals surface area contributed by atoms with Crippen LogP contribution in [-0.4, -0.2) is 28.7 Å². The predicted molar refractivity (Wildman–Crippen MR) is 413 cm³/mol. The molecule has 0 atom stereocenters. The minimum Gasteiger partial charge on any atom is -0.466 e. The van der Waals surface area contributed by atoms with Gasteiger partial charge in [-0.25, -0.2) is 19.9 Å². The highest BCUT2D eigenvalue weighted by atomic mass is 32.1. The molecule has 0 saturated heterocycles. The van der Waals surface area contributed by atoms with E-state index < -0.39 is 0 Å². The second-order valence-corrected chi connectivity index (χ2v) is 35.9. The van der Waals surface area contributed by atoms with Gasteiger partial charge in [0, 0.05) is 94.7 Å². The number of rotatable bonds is 14. The summed E-state index contributed by atoms with van der Waals surface area (Å²) in [5.74, 6) is 14.9. The largest absolute Gasteiger partial charge is 0.466 e. The zero-order chi connectivity index (χ0) is 71.9. The molecule has 93 heavy (non-hydrogen) atoms. The minimum absolute atomic E-state index is 0.197. The zero-order valence-electron chi connectivity index (χ0n) is 65.6. The van der Waals surface area contributed by atoms with Crippen molar-refractivity contribution in [2.45, 2.75) is 350 Å². The molecule has 0 N–H and O–H groups in total. The van der Waals surface area contributed by atoms with E-state index in [-0.39, 0.29) is 10.8 Å². The summed E-state index contributed by atoms with van der Waals surface area (Å²) in [7, 11) is 0. The fraction of sp³-hybridized carbons (Fsp3) is 0.671. The SMILES string of the molecule is CC(C)c1cc(C(C)(C)C)ns1.CC(C)c1ccc(C(C)C)o1.CC(C)c1ccc(C(C)C)s1.CC(C)c1cnc(C(C)C)s1.CC(C)c1nsc(C(C)C)n1.Cc1cc(C(C)C)oc1C(C)C.Cc1nc(C(C)(C)C)sc1C(C)C.Cc1nc(C(C)C)oc1C(C)C. The zero-order valence-corrected chi connectivity index (χ0v) is 69.7. The minimum atomic E-state index is 0.197. The molecule has 8 aromatic heterocycles. The molecule has 0 spiro atoms. The molecule has 0 aromatic carbocycles. The molecular formula is C79H132N6O3S5. The smallest absolute Gasteiger partial charge is 0.197 e. The quantitative estimate of drug-likeness (QED) is 0.105. The van der Waals surface area contributed by atoms with Gasteiger partial charge in [-0.05, 0) is 115 Å². The molecule has 0 radical (unpaired) electrons. The van der Waals surface area contributed by atoms with Crippen LogP contribution in [-0.2, 0) is 10.8 Å². The van der Waals surface area contributed by atoms with E-state index in [1.54, 1.807) is 11.5 Å². The summed E-state index contributed by atoms with van der Waals surface area (Å²) >= 11 is 8.81. The van der Waals surface area contributed by atoms with Crippen LogP contribution >= 0.6 is 57.1 Å². The Kier molecular flexibility index (Phi) is 37.9. The Balaban J connectivity index is 0.000000532. The van der Waals surface area contributed by atoms with Crippen molar-refractivity contribution < 1.29 is 13.3 Å². The maximum atomic E-state index is 5.74. The van der Waals surface area contributed by atoms with Gasteiger partial charge in [-0.1, -0.05) is 235 Å². The lowest BCUT2D eigenvalue weighted by Crippen LogP contribution is -2.10. The Morgan fingerprint density at radius 3 is 1.08 bits per heavy atom. The molecule has 14 heteroatoms. The summed E-state index contributed by atoms with van der Waals surface area (Å²) in [6.45, 7) is 80.3. The predicted octanol–water partition coefficient (Wildman–Crippen LogP) is 28.2. The Hall–Kier alpha value is -4.08. The normalized spacial score (nSPS) is 11.8. The molecule has 8 aromatic rings. The molecule has 0 fully saturated rings. The van der Waals surface area contributed by atoms with Crippen LogP contribution in [0.3, 0.4) is 0 Å². The van der Waals surface area contributed by atoms with Crippen LogP contribution in [0.25, 0.3) is 0 Å². The van der Waals surface area contributed by atoms with Crippen molar-refractivity contribution >= 4 is 57.1 Å². The van der Waals surface area contributed by atoms with Crippen LogP contribution in [0.2, 0.25) is 0 Å². The van der Waals surface area contributed by atoms with Gasteiger partial charge in [0.25, 0.3) is 0 Å². The summed E-state index contributed by atoms with van der Waals surface area (Å²) in [6, 6.07) is 13.0. The number of furan rings is 2. The lowest BCUT2D eigenvalue weighted by molar-refractivity contribution is 0.421.